The van der Waals surface area contributed by atoms with Crippen LogP contribution in [0.15, 0.2) is 18.3 Å². The third kappa shape index (κ3) is 2.84. The van der Waals surface area contributed by atoms with Crippen molar-refractivity contribution in [2.75, 3.05) is 12.8 Å². The summed E-state index contributed by atoms with van der Waals surface area (Å²) in [7, 11) is 0. The monoisotopic (exact) mass is 265 g/mol. The molecule has 1 aromatic heterocycles. The molecule has 0 bridgehead atoms. The largest absolute Gasteiger partial charge is 0.351 e. The molecule has 4 nitrogen and oxygen atoms in total. The number of amides is 1. The summed E-state index contributed by atoms with van der Waals surface area (Å²) < 4.78 is 0.263. The molecule has 1 saturated carbocycles. The van der Waals surface area contributed by atoms with Crippen molar-refractivity contribution in [3.05, 3.63) is 29.6 Å². The lowest BCUT2D eigenvalue weighted by Crippen LogP contribution is -2.45. The molecule has 1 amide bonds. The summed E-state index contributed by atoms with van der Waals surface area (Å²) in [5, 5.41) is 3.02. The molecule has 1 heterocycles. The number of pyridine rings is 1. The quantitative estimate of drug-likeness (QED) is 0.847. The molecule has 5 heteroatoms. The van der Waals surface area contributed by atoms with E-state index in [9.17, 15) is 4.79 Å². The zero-order chi connectivity index (χ0) is 13.0. The average Bonchev–Trinajstić information content (AvgIpc) is 2.38. The van der Waals surface area contributed by atoms with Crippen LogP contribution in [0.25, 0.3) is 0 Å². The van der Waals surface area contributed by atoms with Gasteiger partial charge in [0.2, 0.25) is 0 Å². The lowest BCUT2D eigenvalue weighted by Gasteiger charge is -2.40. The SMILES string of the molecule is CSC1(CNC(=O)c2ccnc(CN)c2)CCC1. The number of nitrogens with one attached hydrogen (secondary N) is 1. The van der Waals surface area contributed by atoms with Gasteiger partial charge in [-0.3, -0.25) is 9.78 Å². The summed E-state index contributed by atoms with van der Waals surface area (Å²) in [5.74, 6) is -0.0348. The lowest BCUT2D eigenvalue weighted by atomic mass is 9.84. The maximum Gasteiger partial charge on any atom is 0.251 e. The van der Waals surface area contributed by atoms with Crippen molar-refractivity contribution in [1.82, 2.24) is 10.3 Å². The van der Waals surface area contributed by atoms with Gasteiger partial charge in [-0.15, -0.1) is 0 Å². The first kappa shape index (κ1) is 13.4. The normalized spacial score (nSPS) is 17.0. The summed E-state index contributed by atoms with van der Waals surface area (Å²) in [6.45, 7) is 1.10. The second kappa shape index (κ2) is 5.71. The highest BCUT2D eigenvalue weighted by atomic mass is 32.2. The predicted octanol–water partition coefficient (Wildman–Crippen LogP) is 1.56. The summed E-state index contributed by atoms with van der Waals surface area (Å²) in [5.41, 5.74) is 6.90. The Hall–Kier alpha value is -1.07. The Bertz CT molecular complexity index is 426. The number of carbonyl (C=O) groups is 1. The Morgan fingerprint density at radius 1 is 1.61 bits per heavy atom. The molecule has 1 fully saturated rings. The predicted molar refractivity (Wildman–Crippen MR) is 74.6 cm³/mol. The van der Waals surface area contributed by atoms with Crippen molar-refractivity contribution >= 4 is 17.7 Å². The maximum absolute atomic E-state index is 12.0. The van der Waals surface area contributed by atoms with Gasteiger partial charge in [-0.05, 0) is 31.2 Å². The van der Waals surface area contributed by atoms with Crippen molar-refractivity contribution in [2.24, 2.45) is 5.73 Å². The Morgan fingerprint density at radius 3 is 2.94 bits per heavy atom. The van der Waals surface area contributed by atoms with Gasteiger partial charge in [-0.2, -0.15) is 11.8 Å². The highest BCUT2D eigenvalue weighted by Crippen LogP contribution is 2.42. The Kier molecular flexibility index (Phi) is 4.24. The van der Waals surface area contributed by atoms with Gasteiger partial charge in [0.1, 0.15) is 0 Å². The van der Waals surface area contributed by atoms with Crippen LogP contribution >= 0.6 is 11.8 Å². The Balaban J connectivity index is 1.95. The van der Waals surface area contributed by atoms with E-state index in [2.05, 4.69) is 16.6 Å². The van der Waals surface area contributed by atoms with Crippen LogP contribution in [0.4, 0.5) is 0 Å². The third-order valence-corrected chi connectivity index (χ3v) is 4.98. The minimum Gasteiger partial charge on any atom is -0.351 e. The van der Waals surface area contributed by atoms with Crippen LogP contribution in [0.3, 0.4) is 0 Å². The molecular weight excluding hydrogens is 246 g/mol. The van der Waals surface area contributed by atoms with Crippen LogP contribution in [0.5, 0.6) is 0 Å². The average molecular weight is 265 g/mol. The van der Waals surface area contributed by atoms with Crippen molar-refractivity contribution < 1.29 is 4.79 Å². The van der Waals surface area contributed by atoms with Crippen LogP contribution in [-0.4, -0.2) is 28.4 Å². The standard InChI is InChI=1S/C13H19N3OS/c1-18-13(4-2-5-13)9-16-12(17)10-3-6-15-11(7-10)8-14/h3,6-7H,2,4-5,8-9,14H2,1H3,(H,16,17). The van der Waals surface area contributed by atoms with E-state index in [4.69, 9.17) is 5.73 Å². The highest BCUT2D eigenvalue weighted by Gasteiger charge is 2.36. The fourth-order valence-corrected chi connectivity index (χ4v) is 3.01. The minimum absolute atomic E-state index is 0.0348. The zero-order valence-electron chi connectivity index (χ0n) is 10.6. The first-order valence-corrected chi connectivity index (χ1v) is 7.40. The maximum atomic E-state index is 12.0. The minimum atomic E-state index is -0.0348. The second-order valence-electron chi connectivity index (χ2n) is 4.66. The van der Waals surface area contributed by atoms with E-state index < -0.39 is 0 Å². The zero-order valence-corrected chi connectivity index (χ0v) is 11.4. The van der Waals surface area contributed by atoms with Crippen LogP contribution < -0.4 is 11.1 Å². The van der Waals surface area contributed by atoms with E-state index in [0.717, 1.165) is 12.2 Å². The number of rotatable bonds is 5. The third-order valence-electron chi connectivity index (χ3n) is 3.56. The number of nitrogens with zero attached hydrogens (tertiary/aromatic N) is 1. The number of nitrogens with two attached hydrogens (primary N) is 1. The van der Waals surface area contributed by atoms with Crippen LogP contribution in [0.1, 0.15) is 35.3 Å². The van der Waals surface area contributed by atoms with Crippen molar-refractivity contribution in [3.63, 3.8) is 0 Å². The lowest BCUT2D eigenvalue weighted by molar-refractivity contribution is 0.0943. The smallest absolute Gasteiger partial charge is 0.251 e. The molecule has 98 valence electrons. The number of aromatic nitrogens is 1. The molecule has 0 unspecified atom stereocenters. The van der Waals surface area contributed by atoms with Crippen LogP contribution in [0.2, 0.25) is 0 Å². The van der Waals surface area contributed by atoms with E-state index in [1.165, 1.54) is 19.3 Å². The molecule has 0 atom stereocenters. The van der Waals surface area contributed by atoms with Crippen LogP contribution in [-0.2, 0) is 6.54 Å². The number of hydrogen-bond donors (Lipinski definition) is 2. The van der Waals surface area contributed by atoms with Crippen LogP contribution in [0, 0.1) is 0 Å². The summed E-state index contributed by atoms with van der Waals surface area (Å²) in [6.07, 6.45) is 7.40. The molecule has 0 saturated heterocycles. The van der Waals surface area contributed by atoms with E-state index in [1.807, 2.05) is 11.8 Å². The molecule has 1 aliphatic rings. The fourth-order valence-electron chi connectivity index (χ4n) is 2.10. The van der Waals surface area contributed by atoms with E-state index in [1.54, 1.807) is 18.3 Å². The molecular formula is C13H19N3OS. The van der Waals surface area contributed by atoms with Gasteiger partial charge >= 0.3 is 0 Å². The van der Waals surface area contributed by atoms with Gasteiger partial charge in [0, 0.05) is 29.6 Å². The van der Waals surface area contributed by atoms with Crippen molar-refractivity contribution in [3.8, 4) is 0 Å². The fraction of sp³-hybridized carbons (Fsp3) is 0.538. The number of hydrogen-bond acceptors (Lipinski definition) is 4. The van der Waals surface area contributed by atoms with Gasteiger partial charge in [0.05, 0.1) is 5.69 Å². The summed E-state index contributed by atoms with van der Waals surface area (Å²) in [4.78, 5) is 16.1. The topological polar surface area (TPSA) is 68.0 Å². The first-order chi connectivity index (χ1) is 8.69. The van der Waals surface area contributed by atoms with E-state index in [-0.39, 0.29) is 10.7 Å². The van der Waals surface area contributed by atoms with Gasteiger partial charge in [-0.1, -0.05) is 6.42 Å². The first-order valence-electron chi connectivity index (χ1n) is 6.17. The molecule has 1 aliphatic carbocycles. The van der Waals surface area contributed by atoms with E-state index >= 15 is 0 Å². The van der Waals surface area contributed by atoms with Gasteiger partial charge in [-0.25, -0.2) is 0 Å². The summed E-state index contributed by atoms with van der Waals surface area (Å²) in [6, 6.07) is 3.48. The second-order valence-corrected chi connectivity index (χ2v) is 5.94. The highest BCUT2D eigenvalue weighted by molar-refractivity contribution is 8.00. The molecule has 0 aliphatic heterocycles. The Morgan fingerprint density at radius 2 is 2.39 bits per heavy atom. The summed E-state index contributed by atoms with van der Waals surface area (Å²) >= 11 is 1.86. The molecule has 3 N–H and O–H groups in total. The molecule has 1 aromatic rings. The van der Waals surface area contributed by atoms with Gasteiger partial charge in [0.25, 0.3) is 5.91 Å². The van der Waals surface area contributed by atoms with Gasteiger partial charge in [0.15, 0.2) is 0 Å². The van der Waals surface area contributed by atoms with Gasteiger partial charge < -0.3 is 11.1 Å². The molecule has 2 rings (SSSR count). The Labute approximate surface area is 112 Å². The van der Waals surface area contributed by atoms with Crippen molar-refractivity contribution in [1.29, 1.82) is 0 Å². The molecule has 0 aromatic carbocycles. The number of thioether (sulfide) groups is 1. The molecule has 0 radical (unpaired) electrons. The number of carbonyl (C=O) groups excluding carboxylic acids is 1. The molecule has 18 heavy (non-hydrogen) atoms. The van der Waals surface area contributed by atoms with Crippen molar-refractivity contribution in [2.45, 2.75) is 30.6 Å². The molecule has 0 spiro atoms. The van der Waals surface area contributed by atoms with E-state index in [0.29, 0.717) is 12.1 Å².